The van der Waals surface area contributed by atoms with Crippen molar-refractivity contribution >= 4 is 34.0 Å². The van der Waals surface area contributed by atoms with Crippen LogP contribution in [0.25, 0.3) is 0 Å². The van der Waals surface area contributed by atoms with Crippen LogP contribution in [0.4, 0.5) is 5.69 Å². The van der Waals surface area contributed by atoms with Gasteiger partial charge in [-0.25, -0.2) is 0 Å². The molecule has 2 heterocycles. The second kappa shape index (κ2) is 3.61. The van der Waals surface area contributed by atoms with E-state index in [4.69, 9.17) is 12.2 Å². The Kier molecular flexibility index (Phi) is 2.48. The van der Waals surface area contributed by atoms with Crippen molar-refractivity contribution in [1.29, 1.82) is 0 Å². The van der Waals surface area contributed by atoms with E-state index >= 15 is 0 Å². The number of aromatic nitrogens is 1. The Labute approximate surface area is 85.8 Å². The summed E-state index contributed by atoms with van der Waals surface area (Å²) < 4.78 is 0.709. The van der Waals surface area contributed by atoms with Crippen LogP contribution in [0.1, 0.15) is 0 Å². The van der Waals surface area contributed by atoms with Gasteiger partial charge in [-0.2, -0.15) is 0 Å². The molecule has 1 saturated heterocycles. The van der Waals surface area contributed by atoms with E-state index in [-0.39, 0.29) is 0 Å². The molecule has 0 bridgehead atoms. The average Bonchev–Trinajstić information content (AvgIpc) is 2.48. The van der Waals surface area contributed by atoms with Crippen LogP contribution in [-0.2, 0) is 0 Å². The molecule has 1 aromatic rings. The van der Waals surface area contributed by atoms with Crippen molar-refractivity contribution in [3.63, 3.8) is 0 Å². The first kappa shape index (κ1) is 8.93. The fraction of sp³-hybridized carbons (Fsp3) is 0.250. The lowest BCUT2D eigenvalue weighted by Gasteiger charge is -2.20. The number of pyridine rings is 1. The van der Waals surface area contributed by atoms with Gasteiger partial charge in [-0.1, -0.05) is 24.0 Å². The minimum Gasteiger partial charge on any atom is -0.372 e. The third-order valence-corrected chi connectivity index (χ3v) is 3.23. The van der Waals surface area contributed by atoms with E-state index < -0.39 is 6.23 Å². The van der Waals surface area contributed by atoms with E-state index in [1.165, 1.54) is 11.8 Å². The van der Waals surface area contributed by atoms with Gasteiger partial charge in [-0.3, -0.25) is 9.88 Å². The maximum absolute atomic E-state index is 9.60. The molecule has 1 fully saturated rings. The number of nitrogens with zero attached hydrogens (tertiary/aromatic N) is 2. The number of thiocarbonyl (C=S) groups is 1. The van der Waals surface area contributed by atoms with E-state index in [9.17, 15) is 5.11 Å². The Balaban J connectivity index is 2.30. The van der Waals surface area contributed by atoms with Crippen LogP contribution in [0.5, 0.6) is 0 Å². The Morgan fingerprint density at radius 1 is 1.69 bits per heavy atom. The predicted octanol–water partition coefficient (Wildman–Crippen LogP) is 1.24. The van der Waals surface area contributed by atoms with Gasteiger partial charge in [-0.15, -0.1) is 0 Å². The molecule has 1 atom stereocenters. The van der Waals surface area contributed by atoms with Crippen molar-refractivity contribution in [3.05, 3.63) is 24.5 Å². The second-order valence-electron chi connectivity index (χ2n) is 2.64. The number of aliphatic hydroxyl groups is 1. The Hall–Kier alpha value is -0.650. The molecular formula is C8H8N2OS2. The van der Waals surface area contributed by atoms with Crippen LogP contribution < -0.4 is 4.90 Å². The first-order valence-electron chi connectivity index (χ1n) is 3.83. The SMILES string of the molecule is OC1CSC(=S)N1c1cccnc1. The van der Waals surface area contributed by atoms with Gasteiger partial charge >= 0.3 is 0 Å². The van der Waals surface area contributed by atoms with Crippen LogP contribution in [0.15, 0.2) is 24.5 Å². The van der Waals surface area contributed by atoms with Gasteiger partial charge in [0, 0.05) is 11.9 Å². The minimum absolute atomic E-state index is 0.512. The van der Waals surface area contributed by atoms with E-state index in [0.29, 0.717) is 10.1 Å². The summed E-state index contributed by atoms with van der Waals surface area (Å²) in [5.41, 5.74) is 0.852. The zero-order valence-corrected chi connectivity index (χ0v) is 8.38. The van der Waals surface area contributed by atoms with E-state index in [1.54, 1.807) is 17.3 Å². The predicted molar refractivity (Wildman–Crippen MR) is 57.8 cm³/mol. The van der Waals surface area contributed by atoms with Crippen LogP contribution in [0.3, 0.4) is 0 Å². The van der Waals surface area contributed by atoms with Gasteiger partial charge in [-0.05, 0) is 12.1 Å². The highest BCUT2D eigenvalue weighted by molar-refractivity contribution is 8.23. The minimum atomic E-state index is -0.512. The fourth-order valence-corrected chi connectivity index (χ4v) is 2.42. The lowest BCUT2D eigenvalue weighted by Crippen LogP contribution is -2.32. The van der Waals surface area contributed by atoms with E-state index in [1.807, 2.05) is 12.1 Å². The Morgan fingerprint density at radius 3 is 3.08 bits per heavy atom. The van der Waals surface area contributed by atoms with Crippen molar-refractivity contribution in [3.8, 4) is 0 Å². The molecule has 3 nitrogen and oxygen atoms in total. The molecule has 1 aliphatic heterocycles. The van der Waals surface area contributed by atoms with Gasteiger partial charge in [0.05, 0.1) is 11.9 Å². The van der Waals surface area contributed by atoms with Crippen LogP contribution in [0.2, 0.25) is 0 Å². The number of hydrogen-bond acceptors (Lipinski definition) is 4. The van der Waals surface area contributed by atoms with Crippen molar-refractivity contribution in [2.45, 2.75) is 6.23 Å². The molecule has 1 aliphatic rings. The van der Waals surface area contributed by atoms with Gasteiger partial charge in [0.15, 0.2) is 0 Å². The molecule has 1 unspecified atom stereocenters. The molecule has 0 saturated carbocycles. The number of aliphatic hydroxyl groups excluding tert-OH is 1. The third-order valence-electron chi connectivity index (χ3n) is 1.77. The van der Waals surface area contributed by atoms with Gasteiger partial charge in [0.1, 0.15) is 10.5 Å². The summed E-state index contributed by atoms with van der Waals surface area (Å²) in [6.45, 7) is 0. The Morgan fingerprint density at radius 2 is 2.54 bits per heavy atom. The summed E-state index contributed by atoms with van der Waals surface area (Å²) in [5.74, 6) is 0.633. The molecular weight excluding hydrogens is 204 g/mol. The van der Waals surface area contributed by atoms with Crippen molar-refractivity contribution < 1.29 is 5.11 Å². The van der Waals surface area contributed by atoms with Gasteiger partial charge < -0.3 is 5.11 Å². The summed E-state index contributed by atoms with van der Waals surface area (Å²) in [7, 11) is 0. The molecule has 5 heteroatoms. The average molecular weight is 212 g/mol. The highest BCUT2D eigenvalue weighted by Crippen LogP contribution is 2.28. The normalized spacial score (nSPS) is 22.4. The number of rotatable bonds is 1. The highest BCUT2D eigenvalue weighted by Gasteiger charge is 2.28. The molecule has 1 aromatic heterocycles. The lowest BCUT2D eigenvalue weighted by atomic mass is 10.4. The van der Waals surface area contributed by atoms with E-state index in [2.05, 4.69) is 4.98 Å². The maximum atomic E-state index is 9.60. The Bertz CT molecular complexity index is 317. The topological polar surface area (TPSA) is 36.4 Å². The summed E-state index contributed by atoms with van der Waals surface area (Å²) in [4.78, 5) is 5.69. The summed E-state index contributed by atoms with van der Waals surface area (Å²) in [5, 5.41) is 9.60. The van der Waals surface area contributed by atoms with Crippen molar-refractivity contribution in [1.82, 2.24) is 4.98 Å². The second-order valence-corrected chi connectivity index (χ2v) is 4.29. The van der Waals surface area contributed by atoms with Crippen molar-refractivity contribution in [2.75, 3.05) is 10.7 Å². The monoisotopic (exact) mass is 212 g/mol. The van der Waals surface area contributed by atoms with Crippen LogP contribution in [0, 0.1) is 0 Å². The quantitative estimate of drug-likeness (QED) is 0.709. The van der Waals surface area contributed by atoms with Crippen LogP contribution in [-0.4, -0.2) is 26.4 Å². The largest absolute Gasteiger partial charge is 0.372 e. The van der Waals surface area contributed by atoms with Crippen LogP contribution >= 0.6 is 24.0 Å². The zero-order chi connectivity index (χ0) is 9.26. The summed E-state index contributed by atoms with van der Waals surface area (Å²) in [6, 6.07) is 3.71. The molecule has 2 rings (SSSR count). The first-order chi connectivity index (χ1) is 6.29. The molecule has 13 heavy (non-hydrogen) atoms. The van der Waals surface area contributed by atoms with E-state index in [0.717, 1.165) is 5.69 Å². The smallest absolute Gasteiger partial charge is 0.143 e. The first-order valence-corrected chi connectivity index (χ1v) is 5.22. The highest BCUT2D eigenvalue weighted by atomic mass is 32.2. The van der Waals surface area contributed by atoms with Gasteiger partial charge in [0.25, 0.3) is 0 Å². The van der Waals surface area contributed by atoms with Crippen molar-refractivity contribution in [2.24, 2.45) is 0 Å². The number of thioether (sulfide) groups is 1. The molecule has 68 valence electrons. The standard InChI is InChI=1S/C8H8N2OS2/c11-7-5-13-8(12)10(7)6-2-1-3-9-4-6/h1-4,7,11H,5H2. The zero-order valence-electron chi connectivity index (χ0n) is 6.75. The maximum Gasteiger partial charge on any atom is 0.143 e. The molecule has 0 radical (unpaired) electrons. The molecule has 0 spiro atoms. The third kappa shape index (κ3) is 1.67. The molecule has 1 N–H and O–H groups in total. The number of hydrogen-bond donors (Lipinski definition) is 1. The summed E-state index contributed by atoms with van der Waals surface area (Å²) >= 11 is 6.59. The van der Waals surface area contributed by atoms with Gasteiger partial charge in [0.2, 0.25) is 0 Å². The number of anilines is 1. The summed E-state index contributed by atoms with van der Waals surface area (Å²) in [6.07, 6.45) is 2.88. The molecule has 0 aromatic carbocycles. The lowest BCUT2D eigenvalue weighted by molar-refractivity contribution is 0.213. The molecule has 0 amide bonds. The fourth-order valence-electron chi connectivity index (χ4n) is 1.19. The molecule has 0 aliphatic carbocycles.